The summed E-state index contributed by atoms with van der Waals surface area (Å²) in [5.74, 6) is 0.0740. The van der Waals surface area contributed by atoms with Crippen LogP contribution in [0, 0.1) is 0 Å². The first kappa shape index (κ1) is 21.3. The van der Waals surface area contributed by atoms with Crippen LogP contribution in [0.25, 0.3) is 27.7 Å². The monoisotopic (exact) mass is 473 g/mol. The smallest absolute Gasteiger partial charge is 0.410 e. The highest BCUT2D eigenvalue weighted by Crippen LogP contribution is 2.45. The van der Waals surface area contributed by atoms with Crippen LogP contribution in [0.3, 0.4) is 0 Å². The van der Waals surface area contributed by atoms with Gasteiger partial charge in [-0.15, -0.1) is 0 Å². The Bertz CT molecular complexity index is 1470. The standard InChI is InChI=1S/C31H27N3O2/c35-31(36-19-27-25-12-3-1-10-23(25)24-11-2-4-13-26(24)27)34-21-8-7-9-22(34)17-20(16-21)30-18-32-28-14-5-6-15-29(28)33-30/h1-6,10-16,18,21-22,27H,7-9,17,19H2. The van der Waals surface area contributed by atoms with E-state index in [4.69, 9.17) is 9.72 Å². The van der Waals surface area contributed by atoms with Crippen molar-refractivity contribution in [2.75, 3.05) is 6.61 Å². The van der Waals surface area contributed by atoms with Gasteiger partial charge in [-0.25, -0.2) is 9.78 Å². The molecule has 36 heavy (non-hydrogen) atoms. The topological polar surface area (TPSA) is 55.3 Å². The van der Waals surface area contributed by atoms with Gasteiger partial charge in [0.2, 0.25) is 0 Å². The predicted octanol–water partition coefficient (Wildman–Crippen LogP) is 6.59. The number of benzene rings is 3. The molecule has 3 heterocycles. The highest BCUT2D eigenvalue weighted by Gasteiger charge is 2.39. The second-order valence-corrected chi connectivity index (χ2v) is 10.0. The van der Waals surface area contributed by atoms with E-state index >= 15 is 0 Å². The molecule has 4 aromatic rings. The van der Waals surface area contributed by atoms with Crippen LogP contribution in [0.1, 0.15) is 48.4 Å². The molecule has 2 bridgehead atoms. The molecular formula is C31H27N3O2. The Morgan fingerprint density at radius 1 is 0.889 bits per heavy atom. The minimum atomic E-state index is -0.202. The molecule has 2 unspecified atom stereocenters. The molecule has 5 heteroatoms. The van der Waals surface area contributed by atoms with Crippen LogP contribution in [0.2, 0.25) is 0 Å². The Kier molecular flexibility index (Phi) is 5.09. The van der Waals surface area contributed by atoms with E-state index in [-0.39, 0.29) is 24.1 Å². The van der Waals surface area contributed by atoms with Crippen LogP contribution in [0.4, 0.5) is 4.79 Å². The molecule has 0 saturated carbocycles. The van der Waals surface area contributed by atoms with Crippen molar-refractivity contribution in [3.8, 4) is 11.1 Å². The minimum Gasteiger partial charge on any atom is -0.448 e. The lowest BCUT2D eigenvalue weighted by molar-refractivity contribution is 0.0538. The van der Waals surface area contributed by atoms with E-state index in [1.807, 2.05) is 35.4 Å². The maximum absolute atomic E-state index is 13.5. The van der Waals surface area contributed by atoms with Crippen LogP contribution in [0.5, 0.6) is 0 Å². The van der Waals surface area contributed by atoms with Gasteiger partial charge in [-0.05, 0) is 65.6 Å². The second kappa shape index (κ2) is 8.59. The third kappa shape index (κ3) is 3.49. The van der Waals surface area contributed by atoms with Crippen LogP contribution in [0.15, 0.2) is 85.1 Å². The van der Waals surface area contributed by atoms with E-state index in [0.717, 1.165) is 42.4 Å². The van der Waals surface area contributed by atoms with Crippen LogP contribution in [-0.4, -0.2) is 39.7 Å². The summed E-state index contributed by atoms with van der Waals surface area (Å²) in [6, 6.07) is 25.0. The third-order valence-electron chi connectivity index (χ3n) is 7.96. The number of piperidine rings is 1. The molecule has 1 amide bonds. The zero-order chi connectivity index (χ0) is 24.1. The quantitative estimate of drug-likeness (QED) is 0.337. The van der Waals surface area contributed by atoms with Gasteiger partial charge >= 0.3 is 6.09 Å². The summed E-state index contributed by atoms with van der Waals surface area (Å²) < 4.78 is 6.04. The van der Waals surface area contributed by atoms with Gasteiger partial charge in [0.25, 0.3) is 0 Å². The second-order valence-electron chi connectivity index (χ2n) is 10.0. The Labute approximate surface area is 210 Å². The number of carbonyl (C=O) groups excluding carboxylic acids is 1. The van der Waals surface area contributed by atoms with Crippen molar-refractivity contribution in [1.82, 2.24) is 14.9 Å². The number of hydrogen-bond donors (Lipinski definition) is 0. The number of carbonyl (C=O) groups is 1. The fourth-order valence-electron chi connectivity index (χ4n) is 6.28. The summed E-state index contributed by atoms with van der Waals surface area (Å²) in [5, 5.41) is 0. The van der Waals surface area contributed by atoms with Gasteiger partial charge in [0.05, 0.1) is 29.0 Å². The summed E-state index contributed by atoms with van der Waals surface area (Å²) in [6.45, 7) is 0.357. The zero-order valence-corrected chi connectivity index (χ0v) is 20.0. The average molecular weight is 474 g/mol. The highest BCUT2D eigenvalue weighted by molar-refractivity contribution is 5.80. The Morgan fingerprint density at radius 3 is 2.33 bits per heavy atom. The summed E-state index contributed by atoms with van der Waals surface area (Å²) >= 11 is 0. The highest BCUT2D eigenvalue weighted by atomic mass is 16.6. The third-order valence-corrected chi connectivity index (χ3v) is 7.96. The van der Waals surface area contributed by atoms with Crippen molar-refractivity contribution in [3.05, 3.63) is 102 Å². The van der Waals surface area contributed by atoms with Crippen molar-refractivity contribution < 1.29 is 9.53 Å². The summed E-state index contributed by atoms with van der Waals surface area (Å²) in [4.78, 5) is 24.9. The average Bonchev–Trinajstić information content (AvgIpc) is 3.24. The first-order chi connectivity index (χ1) is 17.8. The molecule has 1 fully saturated rings. The zero-order valence-electron chi connectivity index (χ0n) is 20.0. The number of para-hydroxylation sites is 2. The van der Waals surface area contributed by atoms with E-state index in [0.29, 0.717) is 6.61 Å². The van der Waals surface area contributed by atoms with Gasteiger partial charge in [-0.1, -0.05) is 66.7 Å². The number of aromatic nitrogens is 2. The fraction of sp³-hybridized carbons (Fsp3) is 0.258. The molecule has 5 nitrogen and oxygen atoms in total. The fourth-order valence-corrected chi connectivity index (χ4v) is 6.28. The van der Waals surface area contributed by atoms with Crippen molar-refractivity contribution in [1.29, 1.82) is 0 Å². The number of fused-ring (bicyclic) bond motifs is 6. The molecule has 7 rings (SSSR count). The van der Waals surface area contributed by atoms with E-state index in [1.165, 1.54) is 27.8 Å². The molecule has 0 radical (unpaired) electrons. The first-order valence-electron chi connectivity index (χ1n) is 12.8. The molecule has 1 aromatic heterocycles. The maximum atomic E-state index is 13.5. The summed E-state index contributed by atoms with van der Waals surface area (Å²) in [6.07, 6.45) is 7.72. The lowest BCUT2D eigenvalue weighted by atomic mass is 9.84. The molecule has 0 N–H and O–H groups in total. The molecule has 0 spiro atoms. The van der Waals surface area contributed by atoms with Crippen LogP contribution in [-0.2, 0) is 4.74 Å². The Hall–Kier alpha value is -3.99. The maximum Gasteiger partial charge on any atom is 0.410 e. The summed E-state index contributed by atoms with van der Waals surface area (Å²) in [7, 11) is 0. The van der Waals surface area contributed by atoms with Crippen LogP contribution >= 0.6 is 0 Å². The Balaban J connectivity index is 1.12. The number of ether oxygens (including phenoxy) is 1. The van der Waals surface area contributed by atoms with Gasteiger partial charge < -0.3 is 4.74 Å². The normalized spacial score (nSPS) is 20.6. The van der Waals surface area contributed by atoms with Crippen molar-refractivity contribution in [3.63, 3.8) is 0 Å². The van der Waals surface area contributed by atoms with Crippen molar-refractivity contribution in [2.45, 2.75) is 43.7 Å². The van der Waals surface area contributed by atoms with E-state index in [1.54, 1.807) is 0 Å². The molecule has 2 aliphatic heterocycles. The number of rotatable bonds is 3. The molecule has 1 aliphatic carbocycles. The molecule has 2 atom stereocenters. The van der Waals surface area contributed by atoms with E-state index in [9.17, 15) is 4.79 Å². The van der Waals surface area contributed by atoms with Gasteiger partial charge in [0, 0.05) is 12.0 Å². The van der Waals surface area contributed by atoms with Gasteiger partial charge in [0.1, 0.15) is 6.61 Å². The molecule has 3 aliphatic rings. The van der Waals surface area contributed by atoms with Crippen LogP contribution < -0.4 is 0 Å². The SMILES string of the molecule is O=C(OCC1c2ccccc2-c2ccccc21)N1C2C=C(c3cnc4ccccc4n3)CC1CCC2. The number of hydrogen-bond acceptors (Lipinski definition) is 4. The predicted molar refractivity (Wildman–Crippen MR) is 140 cm³/mol. The molecule has 178 valence electrons. The van der Waals surface area contributed by atoms with Crippen molar-refractivity contribution >= 4 is 22.7 Å². The van der Waals surface area contributed by atoms with Gasteiger partial charge in [-0.2, -0.15) is 0 Å². The molecule has 1 saturated heterocycles. The van der Waals surface area contributed by atoms with Gasteiger partial charge in [-0.3, -0.25) is 9.88 Å². The van der Waals surface area contributed by atoms with E-state index < -0.39 is 0 Å². The number of amides is 1. The number of nitrogens with zero attached hydrogens (tertiary/aromatic N) is 3. The first-order valence-corrected chi connectivity index (χ1v) is 12.8. The molecular weight excluding hydrogens is 446 g/mol. The lowest BCUT2D eigenvalue weighted by Crippen LogP contribution is -2.52. The Morgan fingerprint density at radius 2 is 1.58 bits per heavy atom. The lowest BCUT2D eigenvalue weighted by Gasteiger charge is -2.44. The summed E-state index contributed by atoms with van der Waals surface area (Å²) in [5.41, 5.74) is 8.87. The largest absolute Gasteiger partial charge is 0.448 e. The van der Waals surface area contributed by atoms with E-state index in [2.05, 4.69) is 59.6 Å². The van der Waals surface area contributed by atoms with Gasteiger partial charge in [0.15, 0.2) is 0 Å². The van der Waals surface area contributed by atoms with Crippen molar-refractivity contribution in [2.24, 2.45) is 0 Å². The molecule has 3 aromatic carbocycles. The minimum absolute atomic E-state index is 0.0384.